The van der Waals surface area contributed by atoms with Gasteiger partial charge in [-0.05, 0) is 30.7 Å². The number of hydrogen-bond donors (Lipinski definition) is 2. The Morgan fingerprint density at radius 3 is 2.50 bits per heavy atom. The molecule has 84 valence electrons. The molecule has 1 rings (SSSR count). The Balaban J connectivity index is 2.50. The van der Waals surface area contributed by atoms with Crippen molar-refractivity contribution in [1.29, 1.82) is 0 Å². The third-order valence-electron chi connectivity index (χ3n) is 1.88. The van der Waals surface area contributed by atoms with Crippen LogP contribution >= 0.6 is 0 Å². The van der Waals surface area contributed by atoms with Crippen molar-refractivity contribution >= 4 is 23.5 Å². The van der Waals surface area contributed by atoms with Crippen molar-refractivity contribution in [2.45, 2.75) is 6.92 Å². The van der Waals surface area contributed by atoms with E-state index >= 15 is 0 Å². The van der Waals surface area contributed by atoms with E-state index in [0.717, 1.165) is 5.56 Å². The van der Waals surface area contributed by atoms with Crippen molar-refractivity contribution in [3.05, 3.63) is 35.9 Å². The van der Waals surface area contributed by atoms with Crippen molar-refractivity contribution in [3.63, 3.8) is 0 Å². The molecule has 0 heterocycles. The van der Waals surface area contributed by atoms with E-state index in [0.29, 0.717) is 5.69 Å². The predicted octanol–water partition coefficient (Wildman–Crippen LogP) is 0.987. The number of nitrogens with one attached hydrogen (secondary N) is 1. The van der Waals surface area contributed by atoms with Crippen LogP contribution in [0.5, 0.6) is 0 Å². The Kier molecular flexibility index (Phi) is 4.27. The molecule has 0 aromatic heterocycles. The topological polar surface area (TPSA) is 72.2 Å². The highest BCUT2D eigenvalue weighted by Crippen LogP contribution is 2.06. The quantitative estimate of drug-likeness (QED) is 0.584. The maximum absolute atomic E-state index is 11.2. The third kappa shape index (κ3) is 4.41. The maximum Gasteiger partial charge on any atom is 0.244 e. The minimum atomic E-state index is -0.285. The van der Waals surface area contributed by atoms with Gasteiger partial charge in [0.15, 0.2) is 0 Å². The van der Waals surface area contributed by atoms with Crippen molar-refractivity contribution in [3.8, 4) is 0 Å². The van der Waals surface area contributed by atoms with Crippen LogP contribution in [0.15, 0.2) is 30.3 Å². The molecule has 1 amide bonds. The van der Waals surface area contributed by atoms with Crippen molar-refractivity contribution < 1.29 is 9.59 Å². The standard InChI is InChI=1S/C12H14N2O2/c1-9(15)8-14-12(16)7-4-10-2-5-11(13)6-3-10/h2-7H,8,13H2,1H3,(H,14,16)/b7-4+. The fourth-order valence-electron chi connectivity index (χ4n) is 1.05. The number of ketones is 1. The Bertz CT molecular complexity index is 408. The lowest BCUT2D eigenvalue weighted by Gasteiger charge is -1.97. The predicted molar refractivity (Wildman–Crippen MR) is 63.6 cm³/mol. The highest BCUT2D eigenvalue weighted by molar-refractivity contribution is 5.94. The molecular weight excluding hydrogens is 204 g/mol. The van der Waals surface area contributed by atoms with Crippen LogP contribution in [-0.4, -0.2) is 18.2 Å². The normalized spacial score (nSPS) is 10.3. The second kappa shape index (κ2) is 5.70. The van der Waals surface area contributed by atoms with Gasteiger partial charge in [0.25, 0.3) is 0 Å². The minimum Gasteiger partial charge on any atom is -0.399 e. The van der Waals surface area contributed by atoms with Gasteiger partial charge in [-0.15, -0.1) is 0 Å². The van der Waals surface area contributed by atoms with Crippen LogP contribution < -0.4 is 11.1 Å². The summed E-state index contributed by atoms with van der Waals surface area (Å²) in [5.74, 6) is -0.360. The lowest BCUT2D eigenvalue weighted by Crippen LogP contribution is -2.26. The molecule has 0 fully saturated rings. The SMILES string of the molecule is CC(=O)CNC(=O)/C=C/c1ccc(N)cc1. The molecule has 0 aliphatic carbocycles. The van der Waals surface area contributed by atoms with E-state index < -0.39 is 0 Å². The number of nitrogens with two attached hydrogens (primary N) is 1. The van der Waals surface area contributed by atoms with Crippen molar-refractivity contribution in [2.24, 2.45) is 0 Å². The summed E-state index contributed by atoms with van der Waals surface area (Å²) >= 11 is 0. The largest absolute Gasteiger partial charge is 0.399 e. The fraction of sp³-hybridized carbons (Fsp3) is 0.167. The molecule has 4 nitrogen and oxygen atoms in total. The lowest BCUT2D eigenvalue weighted by molar-refractivity contribution is -0.121. The fourth-order valence-corrected chi connectivity index (χ4v) is 1.05. The highest BCUT2D eigenvalue weighted by Gasteiger charge is 1.96. The molecule has 0 unspecified atom stereocenters. The zero-order valence-electron chi connectivity index (χ0n) is 9.07. The first-order valence-electron chi connectivity index (χ1n) is 4.89. The molecule has 1 aromatic carbocycles. The van der Waals surface area contributed by atoms with Gasteiger partial charge in [-0.25, -0.2) is 0 Å². The van der Waals surface area contributed by atoms with E-state index in [1.165, 1.54) is 13.0 Å². The zero-order chi connectivity index (χ0) is 12.0. The number of carbonyl (C=O) groups is 2. The zero-order valence-corrected chi connectivity index (χ0v) is 9.07. The van der Waals surface area contributed by atoms with Crippen LogP contribution in [0.25, 0.3) is 6.08 Å². The molecule has 1 aromatic rings. The smallest absolute Gasteiger partial charge is 0.244 e. The summed E-state index contributed by atoms with van der Waals surface area (Å²) in [6, 6.07) is 7.13. The first-order chi connectivity index (χ1) is 7.58. The number of Topliss-reactive ketones (excluding diaryl/α,β-unsaturated/α-hetero) is 1. The molecule has 0 aliphatic rings. The molecule has 0 spiro atoms. The number of benzene rings is 1. The summed E-state index contributed by atoms with van der Waals surface area (Å²) in [6.45, 7) is 1.48. The van der Waals surface area contributed by atoms with E-state index in [2.05, 4.69) is 5.32 Å². The summed E-state index contributed by atoms with van der Waals surface area (Å²) in [5, 5.41) is 2.46. The molecule has 0 saturated heterocycles. The van der Waals surface area contributed by atoms with Gasteiger partial charge < -0.3 is 11.1 Å². The van der Waals surface area contributed by atoms with E-state index in [-0.39, 0.29) is 18.2 Å². The summed E-state index contributed by atoms with van der Waals surface area (Å²) in [4.78, 5) is 21.8. The van der Waals surface area contributed by atoms with Gasteiger partial charge >= 0.3 is 0 Å². The van der Waals surface area contributed by atoms with Gasteiger partial charge in [-0.3, -0.25) is 9.59 Å². The number of amides is 1. The summed E-state index contributed by atoms with van der Waals surface area (Å²) in [7, 11) is 0. The number of nitrogen functional groups attached to an aromatic ring is 1. The lowest BCUT2D eigenvalue weighted by atomic mass is 10.2. The van der Waals surface area contributed by atoms with Gasteiger partial charge in [0.05, 0.1) is 6.54 Å². The van der Waals surface area contributed by atoms with Crippen LogP contribution in [0.1, 0.15) is 12.5 Å². The van der Waals surface area contributed by atoms with Crippen LogP contribution in [0.4, 0.5) is 5.69 Å². The summed E-state index contributed by atoms with van der Waals surface area (Å²) in [5.41, 5.74) is 7.08. The Morgan fingerprint density at radius 1 is 1.31 bits per heavy atom. The number of carbonyl (C=O) groups excluding carboxylic acids is 2. The Morgan fingerprint density at radius 2 is 1.94 bits per heavy atom. The van der Waals surface area contributed by atoms with Crippen LogP contribution in [0, 0.1) is 0 Å². The first kappa shape index (κ1) is 12.0. The Hall–Kier alpha value is -2.10. The van der Waals surface area contributed by atoms with Crippen LogP contribution in [-0.2, 0) is 9.59 Å². The minimum absolute atomic E-state index is 0.0604. The third-order valence-corrected chi connectivity index (χ3v) is 1.88. The average molecular weight is 218 g/mol. The Labute approximate surface area is 94.1 Å². The van der Waals surface area contributed by atoms with Crippen LogP contribution in [0.2, 0.25) is 0 Å². The number of rotatable bonds is 4. The molecule has 0 saturated carbocycles. The van der Waals surface area contributed by atoms with Crippen LogP contribution in [0.3, 0.4) is 0 Å². The first-order valence-corrected chi connectivity index (χ1v) is 4.89. The van der Waals surface area contributed by atoms with E-state index in [4.69, 9.17) is 5.73 Å². The highest BCUT2D eigenvalue weighted by atomic mass is 16.2. The van der Waals surface area contributed by atoms with Gasteiger partial charge in [-0.2, -0.15) is 0 Å². The molecule has 0 radical (unpaired) electrons. The van der Waals surface area contributed by atoms with E-state index in [1.54, 1.807) is 18.2 Å². The second-order valence-corrected chi connectivity index (χ2v) is 3.42. The molecule has 3 N–H and O–H groups in total. The second-order valence-electron chi connectivity index (χ2n) is 3.42. The summed E-state index contributed by atoms with van der Waals surface area (Å²) < 4.78 is 0. The average Bonchev–Trinajstić information content (AvgIpc) is 2.25. The monoisotopic (exact) mass is 218 g/mol. The van der Waals surface area contributed by atoms with Gasteiger partial charge in [0.2, 0.25) is 5.91 Å². The van der Waals surface area contributed by atoms with E-state index in [9.17, 15) is 9.59 Å². The molecule has 0 bridgehead atoms. The van der Waals surface area contributed by atoms with E-state index in [1.807, 2.05) is 12.1 Å². The van der Waals surface area contributed by atoms with Gasteiger partial charge in [-0.1, -0.05) is 12.1 Å². The van der Waals surface area contributed by atoms with Gasteiger partial charge in [0, 0.05) is 11.8 Å². The van der Waals surface area contributed by atoms with Gasteiger partial charge in [0.1, 0.15) is 5.78 Å². The van der Waals surface area contributed by atoms with Crippen molar-refractivity contribution in [1.82, 2.24) is 5.32 Å². The molecule has 0 aliphatic heterocycles. The number of hydrogen-bond acceptors (Lipinski definition) is 3. The molecule has 0 atom stereocenters. The maximum atomic E-state index is 11.2. The molecular formula is C12H14N2O2. The molecule has 16 heavy (non-hydrogen) atoms. The van der Waals surface area contributed by atoms with Crippen molar-refractivity contribution in [2.75, 3.05) is 12.3 Å². The number of anilines is 1. The molecule has 4 heteroatoms. The summed E-state index contributed by atoms with van der Waals surface area (Å²) in [6.07, 6.45) is 3.05.